The number of ether oxygens (including phenoxy) is 2. The van der Waals surface area contributed by atoms with Crippen LogP contribution in [0.4, 0.5) is 0 Å². The van der Waals surface area contributed by atoms with Crippen LogP contribution in [-0.4, -0.2) is 35.8 Å². The maximum Gasteiger partial charge on any atom is 0.246 e. The van der Waals surface area contributed by atoms with Crippen molar-refractivity contribution in [2.45, 2.75) is 52.1 Å². The Hall–Kier alpha value is -2.86. The summed E-state index contributed by atoms with van der Waals surface area (Å²) in [6.07, 6.45) is 0.827. The van der Waals surface area contributed by atoms with Crippen molar-refractivity contribution in [2.24, 2.45) is 0 Å². The Kier molecular flexibility index (Phi) is 7.33. The molecule has 0 aliphatic heterocycles. The molecule has 1 amide bonds. The van der Waals surface area contributed by atoms with Gasteiger partial charge in [0.05, 0.1) is 23.7 Å². The van der Waals surface area contributed by atoms with Gasteiger partial charge in [0.2, 0.25) is 5.91 Å². The molecule has 31 heavy (non-hydrogen) atoms. The van der Waals surface area contributed by atoms with Crippen molar-refractivity contribution in [2.75, 3.05) is 20.3 Å². The van der Waals surface area contributed by atoms with Crippen LogP contribution in [0.2, 0.25) is 0 Å². The first-order valence-corrected chi connectivity index (χ1v) is 10.8. The Morgan fingerprint density at radius 1 is 1.13 bits per heavy atom. The predicted molar refractivity (Wildman–Crippen MR) is 123 cm³/mol. The van der Waals surface area contributed by atoms with Gasteiger partial charge >= 0.3 is 0 Å². The summed E-state index contributed by atoms with van der Waals surface area (Å²) in [5.41, 5.74) is 3.40. The van der Waals surface area contributed by atoms with Crippen LogP contribution in [0, 0.1) is 0 Å². The first-order chi connectivity index (χ1) is 14.8. The van der Waals surface area contributed by atoms with Crippen molar-refractivity contribution in [1.29, 1.82) is 0 Å². The molecule has 6 heteroatoms. The van der Waals surface area contributed by atoms with E-state index in [4.69, 9.17) is 14.5 Å². The Balaban J connectivity index is 1.66. The highest BCUT2D eigenvalue weighted by Crippen LogP contribution is 2.25. The summed E-state index contributed by atoms with van der Waals surface area (Å²) >= 11 is 0. The third kappa shape index (κ3) is 5.85. The lowest BCUT2D eigenvalue weighted by Crippen LogP contribution is -2.31. The lowest BCUT2D eigenvalue weighted by Gasteiger charge is -2.19. The molecule has 3 rings (SSSR count). The second-order valence-corrected chi connectivity index (χ2v) is 8.81. The van der Waals surface area contributed by atoms with E-state index in [-0.39, 0.29) is 24.0 Å². The fourth-order valence-electron chi connectivity index (χ4n) is 3.60. The lowest BCUT2D eigenvalue weighted by molar-refractivity contribution is -0.125. The van der Waals surface area contributed by atoms with Gasteiger partial charge in [-0.2, -0.15) is 0 Å². The summed E-state index contributed by atoms with van der Waals surface area (Å²) in [6.45, 7) is 9.94. The number of methoxy groups -OCH3 is 1. The number of aryl methyl sites for hydroxylation is 1. The molecule has 0 spiro atoms. The smallest absolute Gasteiger partial charge is 0.246 e. The van der Waals surface area contributed by atoms with Crippen LogP contribution in [0.3, 0.4) is 0 Å². The van der Waals surface area contributed by atoms with Crippen LogP contribution in [0.1, 0.15) is 51.5 Å². The Morgan fingerprint density at radius 3 is 2.52 bits per heavy atom. The molecule has 0 fully saturated rings. The van der Waals surface area contributed by atoms with Crippen LogP contribution in [0.5, 0.6) is 5.75 Å². The van der Waals surface area contributed by atoms with Crippen LogP contribution < -0.4 is 10.1 Å². The Bertz CT molecular complexity index is 1000. The second-order valence-electron chi connectivity index (χ2n) is 8.81. The zero-order chi connectivity index (χ0) is 22.4. The number of hydrogen-bond acceptors (Lipinski definition) is 4. The topological polar surface area (TPSA) is 65.4 Å². The van der Waals surface area contributed by atoms with E-state index < -0.39 is 0 Å². The van der Waals surface area contributed by atoms with Crippen LogP contribution in [0.15, 0.2) is 48.5 Å². The number of rotatable bonds is 9. The Labute approximate surface area is 184 Å². The second kappa shape index (κ2) is 9.96. The number of carbonyl (C=O) groups excluding carboxylic acids is 1. The molecule has 0 saturated carbocycles. The largest absolute Gasteiger partial charge is 0.494 e. The van der Waals surface area contributed by atoms with Crippen molar-refractivity contribution in [1.82, 2.24) is 14.9 Å². The summed E-state index contributed by atoms with van der Waals surface area (Å²) < 4.78 is 13.0. The molecule has 0 aliphatic carbocycles. The van der Waals surface area contributed by atoms with Gasteiger partial charge in [-0.1, -0.05) is 45.0 Å². The number of carbonyl (C=O) groups is 1. The predicted octanol–water partition coefficient (Wildman–Crippen LogP) is 4.63. The number of nitrogens with one attached hydrogen (secondary N) is 1. The van der Waals surface area contributed by atoms with Gasteiger partial charge in [0.25, 0.3) is 0 Å². The fourth-order valence-corrected chi connectivity index (χ4v) is 3.60. The van der Waals surface area contributed by atoms with Crippen LogP contribution >= 0.6 is 0 Å². The van der Waals surface area contributed by atoms with Gasteiger partial charge in [-0.25, -0.2) is 4.98 Å². The minimum absolute atomic E-state index is 0.0341. The third-order valence-corrected chi connectivity index (χ3v) is 5.24. The summed E-state index contributed by atoms with van der Waals surface area (Å²) in [5.74, 6) is 1.56. The molecule has 0 bridgehead atoms. The first kappa shape index (κ1) is 22.8. The molecule has 1 heterocycles. The molecule has 0 radical (unpaired) electrons. The van der Waals surface area contributed by atoms with E-state index in [1.165, 1.54) is 12.7 Å². The Morgan fingerprint density at radius 2 is 1.84 bits per heavy atom. The van der Waals surface area contributed by atoms with Gasteiger partial charge in [-0.05, 0) is 48.6 Å². The average molecular weight is 424 g/mol. The molecule has 166 valence electrons. The van der Waals surface area contributed by atoms with Gasteiger partial charge in [0.15, 0.2) is 0 Å². The number of nitrogens with zero attached hydrogens (tertiary/aromatic N) is 2. The monoisotopic (exact) mass is 423 g/mol. The summed E-state index contributed by atoms with van der Waals surface area (Å²) in [6, 6.07) is 16.1. The fraction of sp³-hybridized carbons (Fsp3) is 0.440. The molecule has 1 aromatic heterocycles. The average Bonchev–Trinajstić information content (AvgIpc) is 3.10. The normalized spacial score (nSPS) is 12.7. The molecule has 1 atom stereocenters. The highest BCUT2D eigenvalue weighted by molar-refractivity contribution is 5.78. The lowest BCUT2D eigenvalue weighted by atomic mass is 9.87. The number of benzene rings is 2. The molecule has 0 saturated heterocycles. The number of fused-ring (bicyclic) bond motifs is 1. The van der Waals surface area contributed by atoms with Gasteiger partial charge in [-0.3, -0.25) is 4.79 Å². The zero-order valence-corrected chi connectivity index (χ0v) is 19.1. The number of para-hydroxylation sites is 2. The van der Waals surface area contributed by atoms with Gasteiger partial charge in [0.1, 0.15) is 18.2 Å². The number of imidazole rings is 1. The van der Waals surface area contributed by atoms with Gasteiger partial charge in [0, 0.05) is 13.7 Å². The SMILES string of the molecule is COCC(=O)NC(C)c1nc2ccccc2n1CCCOc1ccc(C(C)(C)C)cc1. The summed E-state index contributed by atoms with van der Waals surface area (Å²) in [7, 11) is 1.51. The highest BCUT2D eigenvalue weighted by Gasteiger charge is 2.18. The quantitative estimate of drug-likeness (QED) is 0.510. The molecule has 3 aromatic rings. The van der Waals surface area contributed by atoms with E-state index >= 15 is 0 Å². The first-order valence-electron chi connectivity index (χ1n) is 10.8. The number of hydrogen-bond donors (Lipinski definition) is 1. The standard InChI is InChI=1S/C25H33N3O3/c1-18(26-23(29)17-30-5)24-27-21-9-6-7-10-22(21)28(24)15-8-16-31-20-13-11-19(12-14-20)25(2,3)4/h6-7,9-14,18H,8,15-17H2,1-5H3,(H,26,29). The maximum absolute atomic E-state index is 12.0. The molecule has 1 N–H and O–H groups in total. The minimum Gasteiger partial charge on any atom is -0.494 e. The summed E-state index contributed by atoms with van der Waals surface area (Å²) in [5, 5.41) is 2.95. The molecular formula is C25H33N3O3. The zero-order valence-electron chi connectivity index (χ0n) is 19.1. The van der Waals surface area contributed by atoms with Crippen LogP contribution in [0.25, 0.3) is 11.0 Å². The number of amides is 1. The van der Waals surface area contributed by atoms with Gasteiger partial charge < -0.3 is 19.4 Å². The highest BCUT2D eigenvalue weighted by atomic mass is 16.5. The van der Waals surface area contributed by atoms with Crippen LogP contribution in [-0.2, 0) is 21.5 Å². The van der Waals surface area contributed by atoms with E-state index in [0.717, 1.165) is 35.6 Å². The number of aromatic nitrogens is 2. The van der Waals surface area contributed by atoms with E-state index in [1.807, 2.05) is 37.3 Å². The van der Waals surface area contributed by atoms with Crippen molar-refractivity contribution < 1.29 is 14.3 Å². The van der Waals surface area contributed by atoms with E-state index in [0.29, 0.717) is 6.61 Å². The van der Waals surface area contributed by atoms with E-state index in [2.05, 4.69) is 48.9 Å². The third-order valence-electron chi connectivity index (χ3n) is 5.24. The maximum atomic E-state index is 12.0. The molecule has 2 aromatic carbocycles. The summed E-state index contributed by atoms with van der Waals surface area (Å²) in [4.78, 5) is 16.7. The van der Waals surface area contributed by atoms with E-state index in [1.54, 1.807) is 0 Å². The van der Waals surface area contributed by atoms with Crippen molar-refractivity contribution in [3.63, 3.8) is 0 Å². The molecular weight excluding hydrogens is 390 g/mol. The van der Waals surface area contributed by atoms with Crippen molar-refractivity contribution in [3.05, 3.63) is 59.9 Å². The minimum atomic E-state index is -0.221. The van der Waals surface area contributed by atoms with Crippen molar-refractivity contribution >= 4 is 16.9 Å². The molecule has 6 nitrogen and oxygen atoms in total. The van der Waals surface area contributed by atoms with E-state index in [9.17, 15) is 4.79 Å². The van der Waals surface area contributed by atoms with Gasteiger partial charge in [-0.15, -0.1) is 0 Å². The van der Waals surface area contributed by atoms with Crippen molar-refractivity contribution in [3.8, 4) is 5.75 Å². The molecule has 1 unspecified atom stereocenters. The molecule has 0 aliphatic rings.